The monoisotopic (exact) mass is 414 g/mol. The summed E-state index contributed by atoms with van der Waals surface area (Å²) in [6, 6.07) is 13.3. The standard InChI is InChI=1S/C26H26N2O3/c1-15-13-16(2)27-23(14-15)28(20-9-7-6-8-10-20)26(30)22-12-11-21-19(5)24(29)17(3)18(4)25(21)31-22/h6-14,22,29H,1-5H3. The van der Waals surface area contributed by atoms with Crippen LogP contribution >= 0.6 is 0 Å². The molecule has 5 heteroatoms. The molecule has 0 radical (unpaired) electrons. The number of carbonyl (C=O) groups is 1. The molecule has 0 bridgehead atoms. The number of hydrogen-bond donors (Lipinski definition) is 1. The molecule has 158 valence electrons. The molecule has 0 fully saturated rings. The van der Waals surface area contributed by atoms with E-state index in [-0.39, 0.29) is 11.7 Å². The molecule has 5 nitrogen and oxygen atoms in total. The Bertz CT molecular complexity index is 1180. The van der Waals surface area contributed by atoms with Gasteiger partial charge in [-0.1, -0.05) is 24.3 Å². The van der Waals surface area contributed by atoms with E-state index in [4.69, 9.17) is 4.74 Å². The molecule has 1 aliphatic rings. The predicted octanol–water partition coefficient (Wildman–Crippen LogP) is 5.47. The fourth-order valence-electron chi connectivity index (χ4n) is 3.98. The van der Waals surface area contributed by atoms with Gasteiger partial charge in [-0.2, -0.15) is 0 Å². The van der Waals surface area contributed by atoms with Crippen LogP contribution in [0.15, 0.2) is 48.5 Å². The molecule has 31 heavy (non-hydrogen) atoms. The summed E-state index contributed by atoms with van der Waals surface area (Å²) in [6.07, 6.45) is 2.79. The molecular formula is C26H26N2O3. The lowest BCUT2D eigenvalue weighted by atomic mass is 9.95. The van der Waals surface area contributed by atoms with Gasteiger partial charge < -0.3 is 9.84 Å². The van der Waals surface area contributed by atoms with Gasteiger partial charge in [-0.05, 0) is 81.7 Å². The molecule has 1 amide bonds. The summed E-state index contributed by atoms with van der Waals surface area (Å²) in [7, 11) is 0. The number of hydrogen-bond acceptors (Lipinski definition) is 4. The van der Waals surface area contributed by atoms with Gasteiger partial charge in [-0.15, -0.1) is 0 Å². The SMILES string of the molecule is Cc1cc(C)nc(N(C(=O)C2C=Cc3c(C)c(O)c(C)c(C)c3O2)c2ccccc2)c1. The van der Waals surface area contributed by atoms with E-state index in [1.54, 1.807) is 11.0 Å². The number of phenols is 1. The second-order valence-corrected chi connectivity index (χ2v) is 8.02. The van der Waals surface area contributed by atoms with Crippen molar-refractivity contribution in [2.24, 2.45) is 0 Å². The van der Waals surface area contributed by atoms with Crippen molar-refractivity contribution in [2.75, 3.05) is 4.90 Å². The topological polar surface area (TPSA) is 62.7 Å². The Morgan fingerprint density at radius 2 is 1.71 bits per heavy atom. The van der Waals surface area contributed by atoms with Crippen molar-refractivity contribution in [1.29, 1.82) is 0 Å². The van der Waals surface area contributed by atoms with Crippen LogP contribution in [0.4, 0.5) is 11.5 Å². The van der Waals surface area contributed by atoms with Crippen LogP contribution in [0.5, 0.6) is 11.5 Å². The first-order chi connectivity index (χ1) is 14.8. The van der Waals surface area contributed by atoms with Crippen molar-refractivity contribution in [3.8, 4) is 11.5 Å². The minimum absolute atomic E-state index is 0.228. The Hall–Kier alpha value is -3.60. The third kappa shape index (κ3) is 3.67. The molecule has 0 aliphatic carbocycles. The number of anilines is 2. The number of para-hydroxylation sites is 1. The van der Waals surface area contributed by atoms with Crippen LogP contribution in [0.2, 0.25) is 0 Å². The number of benzene rings is 2. The zero-order valence-corrected chi connectivity index (χ0v) is 18.4. The summed E-state index contributed by atoms with van der Waals surface area (Å²) in [6.45, 7) is 9.51. The highest BCUT2D eigenvalue weighted by Gasteiger charge is 2.32. The van der Waals surface area contributed by atoms with Gasteiger partial charge in [-0.25, -0.2) is 4.98 Å². The third-order valence-corrected chi connectivity index (χ3v) is 5.74. The van der Waals surface area contributed by atoms with E-state index >= 15 is 0 Å². The van der Waals surface area contributed by atoms with E-state index in [0.29, 0.717) is 11.6 Å². The van der Waals surface area contributed by atoms with Gasteiger partial charge >= 0.3 is 0 Å². The smallest absolute Gasteiger partial charge is 0.277 e. The maximum absolute atomic E-state index is 13.7. The third-order valence-electron chi connectivity index (χ3n) is 5.74. The van der Waals surface area contributed by atoms with Gasteiger partial charge in [0.05, 0.1) is 5.69 Å². The number of fused-ring (bicyclic) bond motifs is 1. The summed E-state index contributed by atoms with van der Waals surface area (Å²) in [5.74, 6) is 1.23. The van der Waals surface area contributed by atoms with Crippen molar-refractivity contribution < 1.29 is 14.6 Å². The second kappa shape index (κ2) is 7.91. The first-order valence-corrected chi connectivity index (χ1v) is 10.3. The van der Waals surface area contributed by atoms with Gasteiger partial charge in [0.15, 0.2) is 6.10 Å². The van der Waals surface area contributed by atoms with E-state index in [1.807, 2.05) is 83.2 Å². The number of amides is 1. The van der Waals surface area contributed by atoms with Crippen LogP contribution in [0.3, 0.4) is 0 Å². The zero-order valence-electron chi connectivity index (χ0n) is 18.4. The molecule has 1 aliphatic heterocycles. The van der Waals surface area contributed by atoms with Gasteiger partial charge in [0.2, 0.25) is 0 Å². The van der Waals surface area contributed by atoms with Crippen molar-refractivity contribution in [3.63, 3.8) is 0 Å². The minimum atomic E-state index is -0.808. The number of aryl methyl sites for hydroxylation is 2. The van der Waals surface area contributed by atoms with Crippen LogP contribution < -0.4 is 9.64 Å². The van der Waals surface area contributed by atoms with E-state index in [0.717, 1.165) is 39.2 Å². The average Bonchev–Trinajstić information content (AvgIpc) is 2.76. The maximum atomic E-state index is 13.7. The molecule has 3 aromatic rings. The first-order valence-electron chi connectivity index (χ1n) is 10.3. The molecule has 1 N–H and O–H groups in total. The summed E-state index contributed by atoms with van der Waals surface area (Å²) in [5.41, 5.74) is 5.73. The summed E-state index contributed by atoms with van der Waals surface area (Å²) in [5, 5.41) is 10.4. The number of aromatic nitrogens is 1. The summed E-state index contributed by atoms with van der Waals surface area (Å²) in [4.78, 5) is 20.0. The fourth-order valence-corrected chi connectivity index (χ4v) is 3.98. The molecule has 1 atom stereocenters. The van der Waals surface area contributed by atoms with Gasteiger partial charge in [-0.3, -0.25) is 9.69 Å². The lowest BCUT2D eigenvalue weighted by Crippen LogP contribution is -2.40. The van der Waals surface area contributed by atoms with E-state index in [9.17, 15) is 9.90 Å². The number of pyridine rings is 1. The Morgan fingerprint density at radius 1 is 1.00 bits per heavy atom. The van der Waals surface area contributed by atoms with Gasteiger partial charge in [0.25, 0.3) is 5.91 Å². The normalized spacial score (nSPS) is 14.7. The molecule has 0 spiro atoms. The van der Waals surface area contributed by atoms with Crippen molar-refractivity contribution in [2.45, 2.75) is 40.7 Å². The fraction of sp³-hybridized carbons (Fsp3) is 0.231. The lowest BCUT2D eigenvalue weighted by molar-refractivity contribution is -0.122. The van der Waals surface area contributed by atoms with Crippen molar-refractivity contribution >= 4 is 23.5 Å². The molecule has 2 aromatic carbocycles. The number of carbonyl (C=O) groups excluding carboxylic acids is 1. The number of aromatic hydroxyl groups is 1. The highest BCUT2D eigenvalue weighted by molar-refractivity contribution is 6.04. The van der Waals surface area contributed by atoms with Crippen LogP contribution in [0, 0.1) is 34.6 Å². The Morgan fingerprint density at radius 3 is 2.39 bits per heavy atom. The van der Waals surface area contributed by atoms with Crippen LogP contribution in [-0.2, 0) is 4.79 Å². The van der Waals surface area contributed by atoms with Crippen molar-refractivity contribution in [3.05, 3.63) is 82.1 Å². The van der Waals surface area contributed by atoms with Crippen LogP contribution in [0.1, 0.15) is 33.5 Å². The summed E-state index contributed by atoms with van der Waals surface area (Å²) < 4.78 is 6.21. The number of rotatable bonds is 3. The molecule has 4 rings (SSSR count). The van der Waals surface area contributed by atoms with E-state index in [1.165, 1.54) is 0 Å². The number of ether oxygens (including phenoxy) is 1. The van der Waals surface area contributed by atoms with E-state index < -0.39 is 6.10 Å². The lowest BCUT2D eigenvalue weighted by Gasteiger charge is -2.30. The molecule has 1 unspecified atom stereocenters. The second-order valence-electron chi connectivity index (χ2n) is 8.02. The molecule has 0 saturated heterocycles. The predicted molar refractivity (Wildman–Crippen MR) is 123 cm³/mol. The molecule has 2 heterocycles. The van der Waals surface area contributed by atoms with E-state index in [2.05, 4.69) is 4.98 Å². The Labute approximate surface area is 182 Å². The van der Waals surface area contributed by atoms with Crippen LogP contribution in [-0.4, -0.2) is 22.1 Å². The quantitative estimate of drug-likeness (QED) is 0.617. The van der Waals surface area contributed by atoms with Crippen molar-refractivity contribution in [1.82, 2.24) is 4.98 Å². The first kappa shape index (κ1) is 20.7. The summed E-state index contributed by atoms with van der Waals surface area (Å²) >= 11 is 0. The van der Waals surface area contributed by atoms with Gasteiger partial charge in [0.1, 0.15) is 17.3 Å². The zero-order chi connectivity index (χ0) is 22.3. The van der Waals surface area contributed by atoms with Gasteiger partial charge in [0, 0.05) is 16.8 Å². The van der Waals surface area contributed by atoms with Crippen LogP contribution in [0.25, 0.3) is 6.08 Å². The largest absolute Gasteiger partial charge is 0.507 e. The molecular weight excluding hydrogens is 388 g/mol. The highest BCUT2D eigenvalue weighted by atomic mass is 16.5. The highest BCUT2D eigenvalue weighted by Crippen LogP contribution is 2.40. The molecule has 0 saturated carbocycles. The maximum Gasteiger partial charge on any atom is 0.277 e. The Kier molecular flexibility index (Phi) is 5.27. The number of phenolic OH excluding ortho intramolecular Hbond substituents is 1. The number of nitrogens with zero attached hydrogens (tertiary/aromatic N) is 2. The molecule has 1 aromatic heterocycles. The Balaban J connectivity index is 1.78. The minimum Gasteiger partial charge on any atom is -0.507 e. The average molecular weight is 415 g/mol.